The molecule has 180 valence electrons. The maximum Gasteiger partial charge on any atom is 0.320 e. The van der Waals surface area contributed by atoms with Crippen molar-refractivity contribution in [1.82, 2.24) is 5.32 Å². The first-order valence-corrected chi connectivity index (χ1v) is 11.3. The SMILES string of the molecule is CCCCOc1ccc(CC(=O)Oc2ccc(C(O)CNCC(=O)OC(C)(C)C)cc2)cc1. The number of benzene rings is 2. The van der Waals surface area contributed by atoms with Crippen LogP contribution in [0.1, 0.15) is 57.8 Å². The molecule has 2 rings (SSSR count). The number of hydrogen-bond donors (Lipinski definition) is 2. The monoisotopic (exact) mass is 457 g/mol. The number of aliphatic hydroxyl groups is 1. The summed E-state index contributed by atoms with van der Waals surface area (Å²) in [7, 11) is 0. The quantitative estimate of drug-likeness (QED) is 0.283. The Morgan fingerprint density at radius 3 is 2.21 bits per heavy atom. The fourth-order valence-corrected chi connectivity index (χ4v) is 2.94. The summed E-state index contributed by atoms with van der Waals surface area (Å²) in [4.78, 5) is 23.9. The molecule has 0 aliphatic rings. The van der Waals surface area contributed by atoms with Crippen LogP contribution in [0.2, 0.25) is 0 Å². The molecule has 0 bridgehead atoms. The lowest BCUT2D eigenvalue weighted by Crippen LogP contribution is -2.33. The minimum atomic E-state index is -0.810. The number of nitrogens with one attached hydrogen (secondary N) is 1. The molecule has 33 heavy (non-hydrogen) atoms. The molecule has 1 unspecified atom stereocenters. The van der Waals surface area contributed by atoms with Gasteiger partial charge in [-0.2, -0.15) is 0 Å². The summed E-state index contributed by atoms with van der Waals surface area (Å²) in [5.41, 5.74) is 0.938. The van der Waals surface area contributed by atoms with Gasteiger partial charge in [-0.15, -0.1) is 0 Å². The van der Waals surface area contributed by atoms with Gasteiger partial charge in [0.1, 0.15) is 17.1 Å². The molecule has 7 heteroatoms. The zero-order valence-electron chi connectivity index (χ0n) is 19.9. The first-order valence-electron chi connectivity index (χ1n) is 11.3. The van der Waals surface area contributed by atoms with Crippen molar-refractivity contribution in [3.63, 3.8) is 0 Å². The topological polar surface area (TPSA) is 94.1 Å². The number of esters is 2. The molecule has 1 atom stereocenters. The van der Waals surface area contributed by atoms with Gasteiger partial charge in [0.15, 0.2) is 0 Å². The van der Waals surface area contributed by atoms with Crippen molar-refractivity contribution in [2.75, 3.05) is 19.7 Å². The Labute approximate surface area is 196 Å². The van der Waals surface area contributed by atoms with Crippen LogP contribution in [0.15, 0.2) is 48.5 Å². The lowest BCUT2D eigenvalue weighted by Gasteiger charge is -2.20. The van der Waals surface area contributed by atoms with Crippen molar-refractivity contribution in [3.8, 4) is 11.5 Å². The second-order valence-electron chi connectivity index (χ2n) is 8.80. The van der Waals surface area contributed by atoms with Gasteiger partial charge >= 0.3 is 11.9 Å². The van der Waals surface area contributed by atoms with E-state index in [2.05, 4.69) is 12.2 Å². The van der Waals surface area contributed by atoms with Gasteiger partial charge in [0.2, 0.25) is 0 Å². The zero-order chi connectivity index (χ0) is 24.3. The Morgan fingerprint density at radius 2 is 1.61 bits per heavy atom. The van der Waals surface area contributed by atoms with E-state index in [0.717, 1.165) is 24.2 Å². The second kappa shape index (κ2) is 13.0. The van der Waals surface area contributed by atoms with Crippen molar-refractivity contribution in [1.29, 1.82) is 0 Å². The van der Waals surface area contributed by atoms with E-state index in [1.165, 1.54) is 0 Å². The van der Waals surface area contributed by atoms with Crippen LogP contribution in [0.3, 0.4) is 0 Å². The summed E-state index contributed by atoms with van der Waals surface area (Å²) < 4.78 is 16.2. The van der Waals surface area contributed by atoms with Crippen molar-refractivity contribution in [3.05, 3.63) is 59.7 Å². The maximum absolute atomic E-state index is 12.2. The summed E-state index contributed by atoms with van der Waals surface area (Å²) >= 11 is 0. The van der Waals surface area contributed by atoms with E-state index < -0.39 is 11.7 Å². The summed E-state index contributed by atoms with van der Waals surface area (Å²) in [5, 5.41) is 13.2. The number of carbonyl (C=O) groups is 2. The first kappa shape index (κ1) is 26.4. The van der Waals surface area contributed by atoms with Crippen molar-refractivity contribution < 1.29 is 28.9 Å². The van der Waals surface area contributed by atoms with Crippen LogP contribution >= 0.6 is 0 Å². The number of ether oxygens (including phenoxy) is 3. The van der Waals surface area contributed by atoms with E-state index in [4.69, 9.17) is 14.2 Å². The highest BCUT2D eigenvalue weighted by Gasteiger charge is 2.16. The molecule has 0 aliphatic carbocycles. The molecule has 2 aromatic carbocycles. The second-order valence-corrected chi connectivity index (χ2v) is 8.80. The standard InChI is InChI=1S/C26H35NO6/c1-5-6-15-31-21-11-7-19(8-12-21)16-24(29)32-22-13-9-20(10-14-22)23(28)17-27-18-25(30)33-26(2,3)4/h7-14,23,27-28H,5-6,15-18H2,1-4H3. The Kier molecular flexibility index (Phi) is 10.4. The van der Waals surface area contributed by atoms with Crippen molar-refractivity contribution in [2.45, 2.75) is 58.7 Å². The number of carbonyl (C=O) groups excluding carboxylic acids is 2. The van der Waals surface area contributed by atoms with E-state index in [0.29, 0.717) is 17.9 Å². The van der Waals surface area contributed by atoms with Gasteiger partial charge in [-0.05, 0) is 62.6 Å². The largest absolute Gasteiger partial charge is 0.494 e. The van der Waals surface area contributed by atoms with E-state index in [9.17, 15) is 14.7 Å². The smallest absolute Gasteiger partial charge is 0.320 e. The van der Waals surface area contributed by atoms with Gasteiger partial charge in [0.25, 0.3) is 0 Å². The third-order valence-corrected chi connectivity index (χ3v) is 4.56. The lowest BCUT2D eigenvalue weighted by molar-refractivity contribution is -0.153. The highest BCUT2D eigenvalue weighted by Crippen LogP contribution is 2.19. The summed E-state index contributed by atoms with van der Waals surface area (Å²) in [5.74, 6) is 0.435. The Hall–Kier alpha value is -2.90. The molecule has 7 nitrogen and oxygen atoms in total. The number of hydrogen-bond acceptors (Lipinski definition) is 7. The van der Waals surface area contributed by atoms with Gasteiger partial charge in [-0.1, -0.05) is 37.6 Å². The van der Waals surface area contributed by atoms with E-state index in [1.807, 2.05) is 24.3 Å². The van der Waals surface area contributed by atoms with Crippen LogP contribution in [-0.2, 0) is 20.7 Å². The molecule has 0 radical (unpaired) electrons. The van der Waals surface area contributed by atoms with Crippen LogP contribution in [0, 0.1) is 0 Å². The van der Waals surface area contributed by atoms with Crippen molar-refractivity contribution in [2.24, 2.45) is 0 Å². The molecule has 0 aliphatic heterocycles. The summed E-state index contributed by atoms with van der Waals surface area (Å²) in [6.07, 6.45) is 1.42. The molecule has 0 saturated heterocycles. The number of aliphatic hydroxyl groups excluding tert-OH is 1. The van der Waals surface area contributed by atoms with Gasteiger partial charge < -0.3 is 24.6 Å². The molecule has 0 spiro atoms. The van der Waals surface area contributed by atoms with E-state index in [-0.39, 0.29) is 31.4 Å². The predicted octanol–water partition coefficient (Wildman–Crippen LogP) is 3.98. The molecule has 0 heterocycles. The van der Waals surface area contributed by atoms with Gasteiger partial charge in [-0.3, -0.25) is 9.59 Å². The van der Waals surface area contributed by atoms with Crippen LogP contribution in [0.4, 0.5) is 0 Å². The molecule has 0 saturated carbocycles. The minimum absolute atomic E-state index is 0.00979. The van der Waals surface area contributed by atoms with Gasteiger partial charge in [-0.25, -0.2) is 0 Å². The number of rotatable bonds is 12. The van der Waals surface area contributed by atoms with E-state index >= 15 is 0 Å². The average molecular weight is 458 g/mol. The van der Waals surface area contributed by atoms with E-state index in [1.54, 1.807) is 45.0 Å². The maximum atomic E-state index is 12.2. The highest BCUT2D eigenvalue weighted by molar-refractivity contribution is 5.75. The summed E-state index contributed by atoms with van der Waals surface area (Å²) in [6, 6.07) is 14.1. The molecule has 0 aromatic heterocycles. The van der Waals surface area contributed by atoms with Crippen LogP contribution in [0.25, 0.3) is 0 Å². The van der Waals surface area contributed by atoms with Gasteiger partial charge in [0, 0.05) is 6.54 Å². The predicted molar refractivity (Wildman–Crippen MR) is 126 cm³/mol. The fourth-order valence-electron chi connectivity index (χ4n) is 2.94. The molecular formula is C26H35NO6. The van der Waals surface area contributed by atoms with Crippen LogP contribution in [-0.4, -0.2) is 42.3 Å². The third kappa shape index (κ3) is 10.5. The molecule has 0 fully saturated rings. The normalized spacial score (nSPS) is 12.2. The first-order chi connectivity index (χ1) is 15.7. The highest BCUT2D eigenvalue weighted by atomic mass is 16.6. The Bertz CT molecular complexity index is 871. The zero-order valence-corrected chi connectivity index (χ0v) is 19.9. The fraction of sp³-hybridized carbons (Fsp3) is 0.462. The molecule has 0 amide bonds. The molecule has 2 N–H and O–H groups in total. The lowest BCUT2D eigenvalue weighted by atomic mass is 10.1. The molecular weight excluding hydrogens is 422 g/mol. The average Bonchev–Trinajstić information content (AvgIpc) is 2.74. The Balaban J connectivity index is 1.76. The van der Waals surface area contributed by atoms with Crippen LogP contribution < -0.4 is 14.8 Å². The van der Waals surface area contributed by atoms with Crippen LogP contribution in [0.5, 0.6) is 11.5 Å². The number of unbranched alkanes of at least 4 members (excludes halogenated alkanes) is 1. The minimum Gasteiger partial charge on any atom is -0.494 e. The van der Waals surface area contributed by atoms with Crippen molar-refractivity contribution >= 4 is 11.9 Å². The molecule has 2 aromatic rings. The third-order valence-electron chi connectivity index (χ3n) is 4.56. The summed E-state index contributed by atoms with van der Waals surface area (Å²) in [6.45, 7) is 8.39. The van der Waals surface area contributed by atoms with Gasteiger partial charge in [0.05, 0.1) is 25.7 Å². The Morgan fingerprint density at radius 1 is 0.970 bits per heavy atom.